The lowest BCUT2D eigenvalue weighted by atomic mass is 10.3. The summed E-state index contributed by atoms with van der Waals surface area (Å²) in [5.41, 5.74) is -0.579. The zero-order valence-electron chi connectivity index (χ0n) is 7.32. The average Bonchev–Trinajstić information content (AvgIpc) is 2.15. The number of carbonyl (C=O) groups excluding carboxylic acids is 1. The van der Waals surface area contributed by atoms with E-state index in [1.54, 1.807) is 6.92 Å². The molecule has 0 aliphatic rings. The summed E-state index contributed by atoms with van der Waals surface area (Å²) in [6.07, 6.45) is 1.51. The lowest BCUT2D eigenvalue weighted by Crippen LogP contribution is -2.08. The van der Waals surface area contributed by atoms with E-state index >= 15 is 0 Å². The number of esters is 1. The molecule has 0 aromatic carbocycles. The molecular weight excluding hydrogens is 174 g/mol. The van der Waals surface area contributed by atoms with Gasteiger partial charge in [0.2, 0.25) is 5.70 Å². The Morgan fingerprint density at radius 2 is 2.31 bits per heavy atom. The van der Waals surface area contributed by atoms with Crippen molar-refractivity contribution in [1.82, 2.24) is 0 Å². The minimum Gasteiger partial charge on any atom is -0.510 e. The van der Waals surface area contributed by atoms with Crippen LogP contribution in [-0.2, 0) is 9.53 Å². The van der Waals surface area contributed by atoms with Crippen molar-refractivity contribution in [3.63, 3.8) is 0 Å². The van der Waals surface area contributed by atoms with Crippen LogP contribution in [0.4, 0.5) is 0 Å². The van der Waals surface area contributed by atoms with Crippen molar-refractivity contribution in [3.05, 3.63) is 29.0 Å². The number of hydrogen-bond acceptors (Lipinski definition) is 5. The van der Waals surface area contributed by atoms with Crippen LogP contribution in [0.1, 0.15) is 13.3 Å². The molecule has 13 heavy (non-hydrogen) atoms. The third-order valence-corrected chi connectivity index (χ3v) is 1.23. The van der Waals surface area contributed by atoms with E-state index in [9.17, 15) is 9.70 Å². The molecule has 0 heterocycles. The summed E-state index contributed by atoms with van der Waals surface area (Å²) in [7, 11) is 0. The second kappa shape index (κ2) is 5.93. The molecule has 0 bridgehead atoms. The number of ether oxygens (including phenoxy) is 1. The van der Waals surface area contributed by atoms with Crippen LogP contribution in [0, 0.1) is 4.91 Å². The van der Waals surface area contributed by atoms with Gasteiger partial charge in [-0.1, -0.05) is 19.6 Å². The molecule has 0 aliphatic heterocycles. The van der Waals surface area contributed by atoms with Crippen molar-refractivity contribution in [2.75, 3.05) is 6.61 Å². The minimum atomic E-state index is -0.936. The van der Waals surface area contributed by atoms with Gasteiger partial charge in [-0.15, -0.1) is 4.91 Å². The van der Waals surface area contributed by atoms with Gasteiger partial charge < -0.3 is 9.84 Å². The number of aliphatic hydroxyl groups excluding tert-OH is 1. The van der Waals surface area contributed by atoms with E-state index in [0.29, 0.717) is 0 Å². The number of nitroso groups, excluding NO2 is 1. The molecule has 0 saturated carbocycles. The van der Waals surface area contributed by atoms with Crippen molar-refractivity contribution in [2.24, 2.45) is 5.18 Å². The van der Waals surface area contributed by atoms with Crippen LogP contribution >= 0.6 is 0 Å². The van der Waals surface area contributed by atoms with Gasteiger partial charge in [0, 0.05) is 6.42 Å². The quantitative estimate of drug-likeness (QED) is 0.232. The normalized spacial score (nSPS) is 11.5. The third-order valence-electron chi connectivity index (χ3n) is 1.23. The summed E-state index contributed by atoms with van der Waals surface area (Å²) in [5.74, 6) is -1.31. The van der Waals surface area contributed by atoms with Crippen LogP contribution in [0.5, 0.6) is 0 Å². The number of rotatable bonds is 5. The van der Waals surface area contributed by atoms with Crippen LogP contribution in [0.2, 0.25) is 0 Å². The monoisotopic (exact) mass is 185 g/mol. The van der Waals surface area contributed by atoms with Gasteiger partial charge in [0.25, 0.3) is 0 Å². The Balaban J connectivity index is 4.49. The number of hydrogen-bond donors (Lipinski definition) is 1. The van der Waals surface area contributed by atoms with Gasteiger partial charge in [-0.05, 0) is 5.18 Å². The first kappa shape index (κ1) is 11.4. The van der Waals surface area contributed by atoms with E-state index in [1.807, 2.05) is 0 Å². The highest BCUT2D eigenvalue weighted by atomic mass is 16.5. The Hall–Kier alpha value is -1.65. The Morgan fingerprint density at radius 1 is 1.69 bits per heavy atom. The number of nitrogens with zero attached hydrogens (tertiary/aromatic N) is 1. The zero-order chi connectivity index (χ0) is 10.3. The van der Waals surface area contributed by atoms with Crippen LogP contribution < -0.4 is 0 Å². The second-order valence-corrected chi connectivity index (χ2v) is 2.13. The fourth-order valence-electron chi connectivity index (χ4n) is 0.578. The molecule has 5 heteroatoms. The largest absolute Gasteiger partial charge is 0.510 e. The molecular formula is C8H11NO4. The zero-order valence-corrected chi connectivity index (χ0v) is 7.32. The van der Waals surface area contributed by atoms with Crippen molar-refractivity contribution >= 4 is 5.97 Å². The maximum atomic E-state index is 11.0. The summed E-state index contributed by atoms with van der Waals surface area (Å²) in [6.45, 7) is 4.88. The second-order valence-electron chi connectivity index (χ2n) is 2.13. The molecule has 0 spiro atoms. The first-order chi connectivity index (χ1) is 6.17. The van der Waals surface area contributed by atoms with Gasteiger partial charge in [-0.25, -0.2) is 4.79 Å². The van der Waals surface area contributed by atoms with Gasteiger partial charge >= 0.3 is 5.97 Å². The minimum absolute atomic E-state index is 0.0190. The maximum absolute atomic E-state index is 11.0. The molecule has 1 N–H and O–H groups in total. The third kappa shape index (κ3) is 3.50. The highest BCUT2D eigenvalue weighted by Gasteiger charge is 2.16. The highest BCUT2D eigenvalue weighted by molar-refractivity contribution is 5.88. The predicted octanol–water partition coefficient (Wildman–Crippen LogP) is 1.66. The summed E-state index contributed by atoms with van der Waals surface area (Å²) in [6, 6.07) is 0. The molecule has 0 aliphatic carbocycles. The molecule has 0 rings (SSSR count). The summed E-state index contributed by atoms with van der Waals surface area (Å²) in [4.78, 5) is 21.1. The van der Waals surface area contributed by atoms with Gasteiger partial charge in [0.1, 0.15) is 12.4 Å². The first-order valence-corrected chi connectivity index (χ1v) is 3.70. The molecule has 5 nitrogen and oxygen atoms in total. The summed E-state index contributed by atoms with van der Waals surface area (Å²) < 4.78 is 4.50. The van der Waals surface area contributed by atoms with E-state index in [-0.39, 0.29) is 18.8 Å². The lowest BCUT2D eigenvalue weighted by Gasteiger charge is -2.01. The molecule has 0 fully saturated rings. The van der Waals surface area contributed by atoms with E-state index in [1.165, 1.54) is 6.08 Å². The fourth-order valence-corrected chi connectivity index (χ4v) is 0.578. The van der Waals surface area contributed by atoms with Gasteiger partial charge in [0.05, 0.1) is 0 Å². The van der Waals surface area contributed by atoms with Crippen molar-refractivity contribution in [3.8, 4) is 0 Å². The van der Waals surface area contributed by atoms with E-state index < -0.39 is 11.7 Å². The van der Waals surface area contributed by atoms with E-state index in [2.05, 4.69) is 16.5 Å². The van der Waals surface area contributed by atoms with Crippen LogP contribution in [0.25, 0.3) is 0 Å². The topological polar surface area (TPSA) is 76.0 Å². The van der Waals surface area contributed by atoms with Crippen molar-refractivity contribution in [2.45, 2.75) is 13.3 Å². The first-order valence-electron chi connectivity index (χ1n) is 3.70. The average molecular weight is 185 g/mol. The standard InChI is InChI=1S/C8H11NO4/c1-3-5-13-8(11)7(9-12)6(10)4-2/h3,10H,1,4-5H2,2H3. The number of carbonyl (C=O) groups is 1. The highest BCUT2D eigenvalue weighted by Crippen LogP contribution is 2.08. The Morgan fingerprint density at radius 3 is 2.69 bits per heavy atom. The van der Waals surface area contributed by atoms with Crippen molar-refractivity contribution < 1.29 is 14.6 Å². The number of aliphatic hydroxyl groups is 1. The van der Waals surface area contributed by atoms with Gasteiger partial charge in [-0.2, -0.15) is 0 Å². The molecule has 0 radical (unpaired) electrons. The fraction of sp³-hybridized carbons (Fsp3) is 0.375. The molecule has 72 valence electrons. The number of allylic oxidation sites excluding steroid dienone is 1. The summed E-state index contributed by atoms with van der Waals surface area (Å²) in [5, 5.41) is 11.4. The van der Waals surface area contributed by atoms with Gasteiger partial charge in [-0.3, -0.25) is 0 Å². The lowest BCUT2D eigenvalue weighted by molar-refractivity contribution is -0.138. The molecule has 0 unspecified atom stereocenters. The molecule has 0 atom stereocenters. The van der Waals surface area contributed by atoms with E-state index in [0.717, 1.165) is 0 Å². The molecule has 0 saturated heterocycles. The van der Waals surface area contributed by atoms with Crippen molar-refractivity contribution in [1.29, 1.82) is 0 Å². The maximum Gasteiger partial charge on any atom is 0.364 e. The molecule has 0 amide bonds. The molecule has 0 aromatic heterocycles. The SMILES string of the molecule is C=CCOC(=O)C(N=O)=C(O)CC. The Kier molecular flexibility index (Phi) is 5.18. The van der Waals surface area contributed by atoms with Crippen LogP contribution in [0.15, 0.2) is 29.3 Å². The van der Waals surface area contributed by atoms with Crippen LogP contribution in [-0.4, -0.2) is 17.7 Å². The van der Waals surface area contributed by atoms with E-state index in [4.69, 9.17) is 5.11 Å². The van der Waals surface area contributed by atoms with Crippen LogP contribution in [0.3, 0.4) is 0 Å². The summed E-state index contributed by atoms with van der Waals surface area (Å²) >= 11 is 0. The molecule has 0 aromatic rings. The van der Waals surface area contributed by atoms with Gasteiger partial charge in [0.15, 0.2) is 0 Å². The predicted molar refractivity (Wildman–Crippen MR) is 46.9 cm³/mol. The Bertz CT molecular complexity index is 245. The Labute approximate surface area is 75.7 Å². The smallest absolute Gasteiger partial charge is 0.364 e.